The third-order valence-electron chi connectivity index (χ3n) is 7.94. The first-order valence-corrected chi connectivity index (χ1v) is 12.1. The zero-order valence-electron chi connectivity index (χ0n) is 19.4. The Balaban J connectivity index is 1.20. The van der Waals surface area contributed by atoms with Gasteiger partial charge in [-0.1, -0.05) is 48.5 Å². The van der Waals surface area contributed by atoms with Crippen LogP contribution in [0.2, 0.25) is 0 Å². The van der Waals surface area contributed by atoms with Gasteiger partial charge in [-0.05, 0) is 41.2 Å². The first kappa shape index (κ1) is 23.0. The molecule has 8 heteroatoms. The second kappa shape index (κ2) is 8.34. The molecule has 3 heterocycles. The van der Waals surface area contributed by atoms with Crippen LogP contribution in [-0.4, -0.2) is 39.8 Å². The Kier molecular flexibility index (Phi) is 5.33. The standard InChI is InChI=1S/C28H25F3N2O3/c29-28(30,31)24-11-12-32-15-25(24)27(35)13-17-9-10-18(14-27)33(17)26(34)36-16-23-21-7-3-1-5-19(21)20-6-2-4-8-22(20)23/h1-8,11-12,15,17-18,23,35H,9-10,13-14,16H2. The number of carbonyl (C=O) groups is 1. The Labute approximate surface area is 206 Å². The fraction of sp³-hybridized carbons (Fsp3) is 0.357. The van der Waals surface area contributed by atoms with E-state index in [-0.39, 0.29) is 30.9 Å². The largest absolute Gasteiger partial charge is 0.448 e. The van der Waals surface area contributed by atoms with E-state index >= 15 is 0 Å². The first-order valence-electron chi connectivity index (χ1n) is 12.1. The third kappa shape index (κ3) is 3.66. The van der Waals surface area contributed by atoms with Crippen LogP contribution in [0.4, 0.5) is 18.0 Å². The molecule has 186 valence electrons. The lowest BCUT2D eigenvalue weighted by Crippen LogP contribution is -2.52. The van der Waals surface area contributed by atoms with Crippen molar-refractivity contribution >= 4 is 6.09 Å². The summed E-state index contributed by atoms with van der Waals surface area (Å²) in [6.45, 7) is 0.174. The van der Waals surface area contributed by atoms with Gasteiger partial charge < -0.3 is 14.7 Å². The minimum atomic E-state index is -4.60. The molecule has 2 aromatic carbocycles. The molecule has 1 aromatic heterocycles. The SMILES string of the molecule is O=C(OCC1c2ccccc2-c2ccccc21)N1C2CCC1CC(O)(c1cnccc1C(F)(F)F)C2. The van der Waals surface area contributed by atoms with Gasteiger partial charge in [0.15, 0.2) is 0 Å². The van der Waals surface area contributed by atoms with Crippen molar-refractivity contribution in [2.75, 3.05) is 6.61 Å². The van der Waals surface area contributed by atoms with E-state index in [1.165, 1.54) is 0 Å². The summed E-state index contributed by atoms with van der Waals surface area (Å²) in [5, 5.41) is 11.4. The van der Waals surface area contributed by atoms with Crippen molar-refractivity contribution < 1.29 is 27.8 Å². The van der Waals surface area contributed by atoms with Crippen LogP contribution in [0.25, 0.3) is 11.1 Å². The number of amides is 1. The fourth-order valence-corrected chi connectivity index (χ4v) is 6.42. The summed E-state index contributed by atoms with van der Waals surface area (Å²) >= 11 is 0. The molecule has 0 saturated carbocycles. The minimum Gasteiger partial charge on any atom is -0.448 e. The molecule has 6 rings (SSSR count). The van der Waals surface area contributed by atoms with Crippen LogP contribution in [0.15, 0.2) is 67.0 Å². The van der Waals surface area contributed by atoms with Gasteiger partial charge in [-0.3, -0.25) is 4.98 Å². The van der Waals surface area contributed by atoms with Crippen molar-refractivity contribution in [1.29, 1.82) is 0 Å². The molecule has 1 amide bonds. The maximum atomic E-state index is 13.6. The van der Waals surface area contributed by atoms with E-state index < -0.39 is 35.5 Å². The third-order valence-corrected chi connectivity index (χ3v) is 7.94. The van der Waals surface area contributed by atoms with Crippen LogP contribution in [0, 0.1) is 0 Å². The van der Waals surface area contributed by atoms with Gasteiger partial charge in [0.05, 0.1) is 11.2 Å². The lowest BCUT2D eigenvalue weighted by Gasteiger charge is -2.44. The number of pyridine rings is 1. The molecule has 3 aliphatic rings. The van der Waals surface area contributed by atoms with Gasteiger partial charge in [0.25, 0.3) is 0 Å². The summed E-state index contributed by atoms with van der Waals surface area (Å²) in [7, 11) is 0. The second-order valence-electron chi connectivity index (χ2n) is 9.96. The van der Waals surface area contributed by atoms with E-state index in [1.54, 1.807) is 4.90 Å². The zero-order valence-corrected chi connectivity index (χ0v) is 19.4. The molecule has 2 saturated heterocycles. The summed E-state index contributed by atoms with van der Waals surface area (Å²) in [6.07, 6.45) is -1.64. The Bertz CT molecular complexity index is 1270. The summed E-state index contributed by atoms with van der Waals surface area (Å²) in [5.41, 5.74) is 1.68. The highest BCUT2D eigenvalue weighted by molar-refractivity contribution is 5.79. The summed E-state index contributed by atoms with van der Waals surface area (Å²) < 4.78 is 46.7. The molecule has 3 aromatic rings. The number of piperidine rings is 1. The molecule has 2 atom stereocenters. The van der Waals surface area contributed by atoms with Crippen molar-refractivity contribution in [2.45, 2.75) is 55.5 Å². The minimum absolute atomic E-state index is 0.0163. The number of nitrogens with zero attached hydrogens (tertiary/aromatic N) is 2. The average molecular weight is 495 g/mol. The molecule has 1 aliphatic carbocycles. The number of alkyl halides is 3. The predicted molar refractivity (Wildman–Crippen MR) is 126 cm³/mol. The number of benzene rings is 2. The van der Waals surface area contributed by atoms with Crippen LogP contribution in [0.1, 0.15) is 53.9 Å². The van der Waals surface area contributed by atoms with Crippen LogP contribution >= 0.6 is 0 Å². The van der Waals surface area contributed by atoms with Gasteiger partial charge in [0.2, 0.25) is 0 Å². The van der Waals surface area contributed by atoms with E-state index in [4.69, 9.17) is 4.74 Å². The van der Waals surface area contributed by atoms with Crippen LogP contribution in [-0.2, 0) is 16.5 Å². The van der Waals surface area contributed by atoms with Crippen molar-refractivity contribution in [2.24, 2.45) is 0 Å². The number of fused-ring (bicyclic) bond motifs is 5. The monoisotopic (exact) mass is 494 g/mol. The maximum Gasteiger partial charge on any atom is 0.416 e. The van der Waals surface area contributed by atoms with Crippen LogP contribution in [0.5, 0.6) is 0 Å². The van der Waals surface area contributed by atoms with Crippen molar-refractivity contribution in [3.05, 3.63) is 89.2 Å². The van der Waals surface area contributed by atoms with Gasteiger partial charge >= 0.3 is 12.3 Å². The van der Waals surface area contributed by atoms with Crippen LogP contribution < -0.4 is 0 Å². The highest BCUT2D eigenvalue weighted by atomic mass is 19.4. The Morgan fingerprint density at radius 3 is 2.17 bits per heavy atom. The highest BCUT2D eigenvalue weighted by Crippen LogP contribution is 2.49. The number of ether oxygens (including phenoxy) is 1. The maximum absolute atomic E-state index is 13.6. The molecule has 2 aliphatic heterocycles. The van der Waals surface area contributed by atoms with Gasteiger partial charge in [0.1, 0.15) is 6.61 Å². The van der Waals surface area contributed by atoms with Gasteiger partial charge in [-0.15, -0.1) is 0 Å². The number of aliphatic hydroxyl groups is 1. The second-order valence-corrected chi connectivity index (χ2v) is 9.96. The molecule has 1 N–H and O–H groups in total. The number of aromatic nitrogens is 1. The number of hydrogen-bond acceptors (Lipinski definition) is 4. The quantitative estimate of drug-likeness (QED) is 0.495. The summed E-state index contributed by atoms with van der Waals surface area (Å²) in [4.78, 5) is 18.7. The number of halogens is 3. The van der Waals surface area contributed by atoms with Gasteiger partial charge in [0, 0.05) is 48.8 Å². The normalized spacial score (nSPS) is 24.9. The summed E-state index contributed by atoms with van der Waals surface area (Å²) in [5.74, 6) is -0.0783. The lowest BCUT2D eigenvalue weighted by atomic mass is 9.79. The van der Waals surface area contributed by atoms with Crippen LogP contribution in [0.3, 0.4) is 0 Å². The molecular weight excluding hydrogens is 469 g/mol. The topological polar surface area (TPSA) is 62.7 Å². The number of hydrogen-bond donors (Lipinski definition) is 1. The first-order chi connectivity index (χ1) is 17.3. The Hall–Kier alpha value is -3.39. The molecule has 2 fully saturated rings. The van der Waals surface area contributed by atoms with E-state index in [2.05, 4.69) is 17.1 Å². The fourth-order valence-electron chi connectivity index (χ4n) is 6.42. The molecule has 0 radical (unpaired) electrons. The van der Waals surface area contributed by atoms with Crippen molar-refractivity contribution in [3.63, 3.8) is 0 Å². The molecule has 5 nitrogen and oxygen atoms in total. The van der Waals surface area contributed by atoms with Crippen molar-refractivity contribution in [3.8, 4) is 11.1 Å². The summed E-state index contributed by atoms with van der Waals surface area (Å²) in [6, 6.07) is 16.2. The van der Waals surface area contributed by atoms with Crippen molar-refractivity contribution in [1.82, 2.24) is 9.88 Å². The number of rotatable bonds is 3. The van der Waals surface area contributed by atoms with Gasteiger partial charge in [-0.25, -0.2) is 4.79 Å². The smallest absolute Gasteiger partial charge is 0.416 e. The van der Waals surface area contributed by atoms with E-state index in [9.17, 15) is 23.1 Å². The van der Waals surface area contributed by atoms with E-state index in [1.807, 2.05) is 36.4 Å². The number of carbonyl (C=O) groups excluding carboxylic acids is 1. The molecule has 2 bridgehead atoms. The molecular formula is C28H25F3N2O3. The Morgan fingerprint density at radius 2 is 1.58 bits per heavy atom. The lowest BCUT2D eigenvalue weighted by molar-refractivity contribution is -0.142. The Morgan fingerprint density at radius 1 is 1.00 bits per heavy atom. The molecule has 0 spiro atoms. The molecule has 36 heavy (non-hydrogen) atoms. The van der Waals surface area contributed by atoms with E-state index in [0.29, 0.717) is 12.8 Å². The van der Waals surface area contributed by atoms with E-state index in [0.717, 1.165) is 40.7 Å². The molecule has 2 unspecified atom stereocenters. The predicted octanol–water partition coefficient (Wildman–Crippen LogP) is 5.86. The zero-order chi connectivity index (χ0) is 25.1. The average Bonchev–Trinajstić information content (AvgIpc) is 3.34. The van der Waals surface area contributed by atoms with Gasteiger partial charge in [-0.2, -0.15) is 13.2 Å². The highest BCUT2D eigenvalue weighted by Gasteiger charge is 2.53.